The molecule has 0 aliphatic heterocycles. The Bertz CT molecular complexity index is 490. The Morgan fingerprint density at radius 3 is 1.95 bits per heavy atom. The average Bonchev–Trinajstić information content (AvgIpc) is 2.98. The second-order valence-electron chi connectivity index (χ2n) is 5.50. The Balaban J connectivity index is 2.08. The highest BCUT2D eigenvalue weighted by molar-refractivity contribution is 7.10. The molecular weight excluding hydrogens is 290 g/mol. The number of rotatable bonds is 4. The van der Waals surface area contributed by atoms with E-state index in [1.807, 2.05) is 55.8 Å². The molecule has 0 bridgehead atoms. The van der Waals surface area contributed by atoms with Crippen LogP contribution < -0.4 is 0 Å². The molecule has 2 aromatic heterocycles. The van der Waals surface area contributed by atoms with Crippen molar-refractivity contribution in [2.75, 3.05) is 0 Å². The summed E-state index contributed by atoms with van der Waals surface area (Å²) in [6.07, 6.45) is -0.265. The minimum atomic E-state index is -0.472. The van der Waals surface area contributed by atoms with E-state index in [4.69, 9.17) is 4.74 Å². The van der Waals surface area contributed by atoms with Gasteiger partial charge >= 0.3 is 6.09 Å². The number of carbonyl (C=O) groups excluding carboxylic acids is 1. The molecule has 108 valence electrons. The van der Waals surface area contributed by atoms with Crippen LogP contribution in [0.3, 0.4) is 0 Å². The van der Waals surface area contributed by atoms with Crippen LogP contribution in [0.1, 0.15) is 30.5 Å². The number of amides is 1. The van der Waals surface area contributed by atoms with E-state index in [0.717, 1.165) is 9.75 Å². The van der Waals surface area contributed by atoms with Gasteiger partial charge in [0.25, 0.3) is 0 Å². The Morgan fingerprint density at radius 1 is 1.10 bits per heavy atom. The number of carbonyl (C=O) groups is 1. The van der Waals surface area contributed by atoms with Gasteiger partial charge in [0.2, 0.25) is 0 Å². The van der Waals surface area contributed by atoms with E-state index < -0.39 is 5.60 Å². The lowest BCUT2D eigenvalue weighted by Crippen LogP contribution is -2.35. The van der Waals surface area contributed by atoms with Gasteiger partial charge in [-0.1, -0.05) is 12.1 Å². The molecule has 0 saturated carbocycles. The zero-order valence-corrected chi connectivity index (χ0v) is 13.6. The van der Waals surface area contributed by atoms with E-state index in [0.29, 0.717) is 13.1 Å². The molecule has 0 aromatic carbocycles. The highest BCUT2D eigenvalue weighted by Gasteiger charge is 2.23. The third-order valence-electron chi connectivity index (χ3n) is 2.51. The molecule has 0 N–H and O–H groups in total. The molecular formula is C15H19NO2S2. The maximum Gasteiger partial charge on any atom is 0.410 e. The van der Waals surface area contributed by atoms with Gasteiger partial charge in [-0.05, 0) is 43.7 Å². The Morgan fingerprint density at radius 2 is 1.60 bits per heavy atom. The summed E-state index contributed by atoms with van der Waals surface area (Å²) in [6.45, 7) is 6.84. The Hall–Kier alpha value is -1.33. The first-order valence-corrected chi connectivity index (χ1v) is 8.23. The molecule has 0 radical (unpaired) electrons. The normalized spacial score (nSPS) is 11.3. The van der Waals surface area contributed by atoms with Crippen molar-refractivity contribution < 1.29 is 9.53 Å². The second kappa shape index (κ2) is 6.41. The van der Waals surface area contributed by atoms with Gasteiger partial charge in [-0.15, -0.1) is 22.7 Å². The van der Waals surface area contributed by atoms with Crippen LogP contribution in [-0.4, -0.2) is 16.6 Å². The average molecular weight is 309 g/mol. The lowest BCUT2D eigenvalue weighted by atomic mass is 10.2. The van der Waals surface area contributed by atoms with Crippen molar-refractivity contribution in [2.24, 2.45) is 0 Å². The van der Waals surface area contributed by atoms with Crippen molar-refractivity contribution in [2.45, 2.75) is 39.5 Å². The summed E-state index contributed by atoms with van der Waals surface area (Å²) in [5, 5.41) is 4.04. The summed E-state index contributed by atoms with van der Waals surface area (Å²) >= 11 is 3.31. The first-order chi connectivity index (χ1) is 9.44. The first-order valence-electron chi connectivity index (χ1n) is 6.47. The van der Waals surface area contributed by atoms with Gasteiger partial charge in [0, 0.05) is 9.75 Å². The molecule has 5 heteroatoms. The molecule has 0 aliphatic carbocycles. The van der Waals surface area contributed by atoms with Crippen LogP contribution in [0, 0.1) is 0 Å². The first kappa shape index (κ1) is 15.1. The number of thiophene rings is 2. The molecule has 0 unspecified atom stereocenters. The summed E-state index contributed by atoms with van der Waals surface area (Å²) in [5.74, 6) is 0. The van der Waals surface area contributed by atoms with Gasteiger partial charge < -0.3 is 4.74 Å². The highest BCUT2D eigenvalue weighted by atomic mass is 32.1. The second-order valence-corrected chi connectivity index (χ2v) is 7.56. The van der Waals surface area contributed by atoms with Gasteiger partial charge in [0.1, 0.15) is 5.60 Å². The van der Waals surface area contributed by atoms with Crippen LogP contribution in [0.2, 0.25) is 0 Å². The van der Waals surface area contributed by atoms with Crippen LogP contribution in [0.25, 0.3) is 0 Å². The van der Waals surface area contributed by atoms with E-state index in [-0.39, 0.29) is 6.09 Å². The summed E-state index contributed by atoms with van der Waals surface area (Å²) in [4.78, 5) is 16.4. The van der Waals surface area contributed by atoms with Crippen molar-refractivity contribution in [3.05, 3.63) is 44.8 Å². The lowest BCUT2D eigenvalue weighted by Gasteiger charge is -2.26. The molecule has 0 fully saturated rings. The van der Waals surface area contributed by atoms with Crippen LogP contribution >= 0.6 is 22.7 Å². The molecule has 2 heterocycles. The lowest BCUT2D eigenvalue weighted by molar-refractivity contribution is 0.0220. The predicted octanol–water partition coefficient (Wildman–Crippen LogP) is 4.75. The topological polar surface area (TPSA) is 29.5 Å². The quantitative estimate of drug-likeness (QED) is 0.816. The van der Waals surface area contributed by atoms with Crippen LogP contribution in [0.4, 0.5) is 4.79 Å². The molecule has 2 rings (SSSR count). The van der Waals surface area contributed by atoms with Gasteiger partial charge in [-0.2, -0.15) is 0 Å². The van der Waals surface area contributed by atoms with Gasteiger partial charge in [0.15, 0.2) is 0 Å². The molecule has 0 spiro atoms. The molecule has 0 aliphatic rings. The third-order valence-corrected chi connectivity index (χ3v) is 4.23. The van der Waals surface area contributed by atoms with Crippen LogP contribution in [-0.2, 0) is 17.8 Å². The van der Waals surface area contributed by atoms with E-state index in [1.165, 1.54) is 0 Å². The summed E-state index contributed by atoms with van der Waals surface area (Å²) in [7, 11) is 0. The molecule has 20 heavy (non-hydrogen) atoms. The van der Waals surface area contributed by atoms with Crippen molar-refractivity contribution in [1.82, 2.24) is 4.90 Å². The fourth-order valence-electron chi connectivity index (χ4n) is 1.69. The molecule has 2 aromatic rings. The fraction of sp³-hybridized carbons (Fsp3) is 0.400. The zero-order chi connectivity index (χ0) is 14.6. The SMILES string of the molecule is CC(C)(C)OC(=O)N(Cc1cccs1)Cc1cccs1. The summed E-state index contributed by atoms with van der Waals surface area (Å²) < 4.78 is 5.49. The Labute approximate surface area is 127 Å². The molecule has 0 saturated heterocycles. The standard InChI is InChI=1S/C15H19NO2S2/c1-15(2,3)18-14(17)16(10-12-6-4-8-19-12)11-13-7-5-9-20-13/h4-9H,10-11H2,1-3H3. The van der Waals surface area contributed by atoms with Crippen molar-refractivity contribution in [3.8, 4) is 0 Å². The van der Waals surface area contributed by atoms with Crippen molar-refractivity contribution in [3.63, 3.8) is 0 Å². The third kappa shape index (κ3) is 4.65. The zero-order valence-electron chi connectivity index (χ0n) is 12.0. The smallest absolute Gasteiger partial charge is 0.410 e. The number of hydrogen-bond acceptors (Lipinski definition) is 4. The highest BCUT2D eigenvalue weighted by Crippen LogP contribution is 2.19. The maximum absolute atomic E-state index is 12.3. The predicted molar refractivity (Wildman–Crippen MR) is 84.1 cm³/mol. The van der Waals surface area contributed by atoms with E-state index >= 15 is 0 Å². The van der Waals surface area contributed by atoms with E-state index in [9.17, 15) is 4.79 Å². The maximum atomic E-state index is 12.3. The number of hydrogen-bond donors (Lipinski definition) is 0. The minimum Gasteiger partial charge on any atom is -0.444 e. The Kier molecular flexibility index (Phi) is 4.83. The molecule has 1 amide bonds. The van der Waals surface area contributed by atoms with Gasteiger partial charge in [-0.3, -0.25) is 4.90 Å². The fourth-order valence-corrected chi connectivity index (χ4v) is 3.13. The van der Waals surface area contributed by atoms with Crippen LogP contribution in [0.5, 0.6) is 0 Å². The number of ether oxygens (including phenoxy) is 1. The van der Waals surface area contributed by atoms with Crippen LogP contribution in [0.15, 0.2) is 35.0 Å². The van der Waals surface area contributed by atoms with Gasteiger partial charge in [-0.25, -0.2) is 4.79 Å². The monoisotopic (exact) mass is 309 g/mol. The minimum absolute atomic E-state index is 0.265. The van der Waals surface area contributed by atoms with E-state index in [1.54, 1.807) is 27.6 Å². The van der Waals surface area contributed by atoms with Crippen molar-refractivity contribution in [1.29, 1.82) is 0 Å². The molecule has 0 atom stereocenters. The largest absolute Gasteiger partial charge is 0.444 e. The summed E-state index contributed by atoms with van der Waals surface area (Å²) in [5.41, 5.74) is -0.472. The van der Waals surface area contributed by atoms with Gasteiger partial charge in [0.05, 0.1) is 13.1 Å². The van der Waals surface area contributed by atoms with E-state index in [2.05, 4.69) is 0 Å². The summed E-state index contributed by atoms with van der Waals surface area (Å²) in [6, 6.07) is 8.07. The number of nitrogens with zero attached hydrogens (tertiary/aromatic N) is 1. The molecule has 3 nitrogen and oxygen atoms in total. The van der Waals surface area contributed by atoms with Crippen molar-refractivity contribution >= 4 is 28.8 Å².